The van der Waals surface area contributed by atoms with Crippen LogP contribution in [0.15, 0.2) is 12.5 Å². The van der Waals surface area contributed by atoms with Gasteiger partial charge in [-0.3, -0.25) is 33.6 Å². The number of carboxylic acids is 1. The Labute approximate surface area is 289 Å². The van der Waals surface area contributed by atoms with E-state index in [1.165, 1.54) is 26.4 Å². The molecule has 14 N–H and O–H groups in total. The second kappa shape index (κ2) is 23.3. The Morgan fingerprint density at radius 2 is 1.32 bits per heavy atom. The van der Waals surface area contributed by atoms with E-state index < -0.39 is 84.1 Å². The number of H-pyrrole nitrogens is 1. The molecule has 0 aliphatic heterocycles. The highest BCUT2D eigenvalue weighted by Gasteiger charge is 2.31. The van der Waals surface area contributed by atoms with Gasteiger partial charge in [-0.15, -0.1) is 0 Å². The van der Waals surface area contributed by atoms with Crippen LogP contribution in [0.3, 0.4) is 0 Å². The number of rotatable bonds is 25. The summed E-state index contributed by atoms with van der Waals surface area (Å²) in [6.07, 6.45) is 4.43. The van der Waals surface area contributed by atoms with Crippen molar-refractivity contribution in [3.05, 3.63) is 18.2 Å². The molecule has 1 heterocycles. The van der Waals surface area contributed by atoms with Crippen LogP contribution >= 0.6 is 0 Å². The number of aliphatic carboxylic acids is 1. The number of nitrogens with one attached hydrogen (secondary N) is 7. The summed E-state index contributed by atoms with van der Waals surface area (Å²) in [6, 6.07) is -5.91. The van der Waals surface area contributed by atoms with Gasteiger partial charge in [-0.05, 0) is 65.0 Å². The Morgan fingerprint density at radius 1 is 0.760 bits per heavy atom. The minimum Gasteiger partial charge on any atom is -0.480 e. The average Bonchev–Trinajstić information content (AvgIpc) is 3.56. The van der Waals surface area contributed by atoms with Gasteiger partial charge in [0.1, 0.15) is 30.2 Å². The number of imidazole rings is 1. The Morgan fingerprint density at radius 3 is 1.82 bits per heavy atom. The van der Waals surface area contributed by atoms with E-state index in [0.29, 0.717) is 44.5 Å². The fraction of sp³-hybridized carbons (Fsp3) is 0.633. The highest BCUT2D eigenvalue weighted by molar-refractivity contribution is 5.96. The van der Waals surface area contributed by atoms with Gasteiger partial charge in [-0.1, -0.05) is 0 Å². The highest BCUT2D eigenvalue weighted by atomic mass is 16.4. The fourth-order valence-corrected chi connectivity index (χ4v) is 4.64. The standard InChI is InChI=1S/C30H51N11O9/c1-17(37-18(2)42)26(45)41-23(13-19-14-34-16-36-19)29(48)40-21(8-4-6-12-32)28(47)39-20(7-3-5-11-31)27(46)35-15-25(44)38-22(30(49)50)9-10-24(33)43/h14,16-17,20-23H,3-13,15,31-32H2,1-2H3,(H2,33,43)(H,34,36)(H,35,46)(H,37,42)(H,38,44)(H,39,47)(H,40,48)(H,41,45)(H,49,50)/t17-,20-,21-,22-,23-/m0/s1. The molecule has 1 aromatic heterocycles. The molecule has 0 aliphatic rings. The SMILES string of the molecule is CC(=O)N[C@@H](C)C(=O)N[C@@H](Cc1cnc[nH]1)C(=O)N[C@@H](CCCCN)C(=O)N[C@@H](CCCCN)C(=O)NCC(=O)N[C@@H](CCC(N)=O)C(=O)O. The summed E-state index contributed by atoms with van der Waals surface area (Å²) in [5.74, 6) is -6.28. The van der Waals surface area contributed by atoms with Crippen molar-refractivity contribution in [3.63, 3.8) is 0 Å². The molecule has 50 heavy (non-hydrogen) atoms. The van der Waals surface area contributed by atoms with Crippen LogP contribution in [-0.4, -0.2) is 112 Å². The number of hydrogen-bond acceptors (Lipinski definition) is 11. The molecule has 0 saturated heterocycles. The highest BCUT2D eigenvalue weighted by Crippen LogP contribution is 2.08. The first-order chi connectivity index (χ1) is 23.7. The molecule has 0 saturated carbocycles. The van der Waals surface area contributed by atoms with E-state index in [1.807, 2.05) is 0 Å². The number of carboxylic acid groups (broad SMARTS) is 1. The maximum Gasteiger partial charge on any atom is 0.326 e. The molecule has 5 atom stereocenters. The Balaban J connectivity index is 3.11. The van der Waals surface area contributed by atoms with Crippen LogP contribution < -0.4 is 49.1 Å². The van der Waals surface area contributed by atoms with E-state index in [4.69, 9.17) is 17.2 Å². The molecule has 1 rings (SSSR count). The molecule has 1 aromatic rings. The number of nitrogens with two attached hydrogens (primary N) is 3. The van der Waals surface area contributed by atoms with Crippen LogP contribution in [0.1, 0.15) is 70.9 Å². The lowest BCUT2D eigenvalue weighted by atomic mass is 10.0. The molecule has 0 fully saturated rings. The van der Waals surface area contributed by atoms with Crippen molar-refractivity contribution in [1.82, 2.24) is 41.9 Å². The molecule has 0 aromatic carbocycles. The van der Waals surface area contributed by atoms with Gasteiger partial charge in [0.15, 0.2) is 0 Å². The van der Waals surface area contributed by atoms with Gasteiger partial charge in [-0.25, -0.2) is 9.78 Å². The minimum atomic E-state index is -1.42. The summed E-state index contributed by atoms with van der Waals surface area (Å²) in [5.41, 5.74) is 16.8. The fourth-order valence-electron chi connectivity index (χ4n) is 4.64. The number of aromatic nitrogens is 2. The quantitative estimate of drug-likeness (QED) is 0.0435. The third kappa shape index (κ3) is 17.3. The van der Waals surface area contributed by atoms with Crippen molar-refractivity contribution >= 4 is 47.3 Å². The third-order valence-electron chi connectivity index (χ3n) is 7.32. The van der Waals surface area contributed by atoms with E-state index in [2.05, 4.69) is 41.9 Å². The predicted octanol–water partition coefficient (Wildman–Crippen LogP) is -3.86. The van der Waals surface area contributed by atoms with Crippen LogP contribution in [0, 0.1) is 0 Å². The topological polar surface area (TPSA) is 336 Å². The molecule has 20 nitrogen and oxygen atoms in total. The molecular weight excluding hydrogens is 658 g/mol. The number of amides is 7. The van der Waals surface area contributed by atoms with Gasteiger partial charge in [-0.2, -0.15) is 0 Å². The number of primary amides is 1. The summed E-state index contributed by atoms with van der Waals surface area (Å²) < 4.78 is 0. The van der Waals surface area contributed by atoms with E-state index in [1.54, 1.807) is 0 Å². The largest absolute Gasteiger partial charge is 0.480 e. The van der Waals surface area contributed by atoms with Crippen molar-refractivity contribution in [3.8, 4) is 0 Å². The Kier molecular flexibility index (Phi) is 20.0. The summed E-state index contributed by atoms with van der Waals surface area (Å²) >= 11 is 0. The molecule has 0 bridgehead atoms. The van der Waals surface area contributed by atoms with Crippen LogP contribution in [0.2, 0.25) is 0 Å². The first-order valence-electron chi connectivity index (χ1n) is 16.3. The van der Waals surface area contributed by atoms with Gasteiger partial charge in [0.05, 0.1) is 12.9 Å². The Hall–Kier alpha value is -5.11. The number of carbonyl (C=O) groups is 8. The number of nitrogens with zero attached hydrogens (tertiary/aromatic N) is 1. The second-order valence-corrected chi connectivity index (χ2v) is 11.6. The normalized spacial score (nSPS) is 13.8. The molecule has 0 aliphatic carbocycles. The zero-order chi connectivity index (χ0) is 37.6. The zero-order valence-electron chi connectivity index (χ0n) is 28.4. The lowest BCUT2D eigenvalue weighted by Gasteiger charge is -2.26. The molecule has 280 valence electrons. The van der Waals surface area contributed by atoms with Gasteiger partial charge >= 0.3 is 5.97 Å². The molecule has 0 unspecified atom stereocenters. The van der Waals surface area contributed by atoms with Crippen molar-refractivity contribution in [2.75, 3.05) is 19.6 Å². The van der Waals surface area contributed by atoms with Gasteiger partial charge in [0, 0.05) is 31.7 Å². The van der Waals surface area contributed by atoms with Gasteiger partial charge in [0.2, 0.25) is 41.4 Å². The lowest BCUT2D eigenvalue weighted by Crippen LogP contribution is -2.58. The van der Waals surface area contributed by atoms with E-state index in [0.717, 1.165) is 0 Å². The smallest absolute Gasteiger partial charge is 0.326 e. The van der Waals surface area contributed by atoms with E-state index in [-0.39, 0.29) is 32.1 Å². The Bertz CT molecular complexity index is 1290. The molecule has 0 radical (unpaired) electrons. The summed E-state index contributed by atoms with van der Waals surface area (Å²) in [5, 5.41) is 24.2. The lowest BCUT2D eigenvalue weighted by molar-refractivity contribution is -0.142. The van der Waals surface area contributed by atoms with Crippen molar-refractivity contribution in [2.45, 2.75) is 102 Å². The summed E-state index contributed by atoms with van der Waals surface area (Å²) in [6.45, 7) is 2.68. The molecular formula is C30H51N11O9. The maximum absolute atomic E-state index is 13.6. The minimum absolute atomic E-state index is 0.0288. The van der Waals surface area contributed by atoms with Crippen molar-refractivity contribution in [1.29, 1.82) is 0 Å². The monoisotopic (exact) mass is 709 g/mol. The van der Waals surface area contributed by atoms with Gasteiger partial charge in [0.25, 0.3) is 0 Å². The maximum atomic E-state index is 13.6. The summed E-state index contributed by atoms with van der Waals surface area (Å²) in [4.78, 5) is 106. The third-order valence-corrected chi connectivity index (χ3v) is 7.32. The number of unbranched alkanes of at least 4 members (excludes halogenated alkanes) is 2. The zero-order valence-corrected chi connectivity index (χ0v) is 28.4. The van der Waals surface area contributed by atoms with Crippen LogP contribution in [0.4, 0.5) is 0 Å². The van der Waals surface area contributed by atoms with E-state index >= 15 is 0 Å². The van der Waals surface area contributed by atoms with E-state index in [9.17, 15) is 43.5 Å². The first kappa shape index (κ1) is 42.9. The molecule has 20 heteroatoms. The van der Waals surface area contributed by atoms with Gasteiger partial charge < -0.3 is 59.2 Å². The molecule has 0 spiro atoms. The van der Waals surface area contributed by atoms with Crippen molar-refractivity contribution < 1.29 is 43.5 Å². The number of aromatic amines is 1. The first-order valence-corrected chi connectivity index (χ1v) is 16.3. The average molecular weight is 710 g/mol. The van der Waals surface area contributed by atoms with Crippen LogP contribution in [0.25, 0.3) is 0 Å². The summed E-state index contributed by atoms with van der Waals surface area (Å²) in [7, 11) is 0. The van der Waals surface area contributed by atoms with Crippen molar-refractivity contribution in [2.24, 2.45) is 17.2 Å². The number of hydrogen-bond donors (Lipinski definition) is 11. The predicted molar refractivity (Wildman–Crippen MR) is 178 cm³/mol. The number of carbonyl (C=O) groups excluding carboxylic acids is 7. The van der Waals surface area contributed by atoms with Crippen LogP contribution in [0.5, 0.6) is 0 Å². The van der Waals surface area contributed by atoms with Crippen LogP contribution in [-0.2, 0) is 44.8 Å². The molecule has 7 amide bonds. The second-order valence-electron chi connectivity index (χ2n) is 11.6.